The summed E-state index contributed by atoms with van der Waals surface area (Å²) in [5.41, 5.74) is 1.15. The van der Waals surface area contributed by atoms with Gasteiger partial charge in [-0.1, -0.05) is 11.6 Å². The van der Waals surface area contributed by atoms with Crippen molar-refractivity contribution in [3.8, 4) is 5.75 Å². The van der Waals surface area contributed by atoms with E-state index in [1.165, 1.54) is 17.4 Å². The number of carbonyl (C=O) groups excluding carboxylic acids is 1. The van der Waals surface area contributed by atoms with E-state index in [-0.39, 0.29) is 18.1 Å². The molecule has 2 rings (SSSR count). The molecule has 0 aliphatic carbocycles. The van der Waals surface area contributed by atoms with Crippen molar-refractivity contribution >= 4 is 34.4 Å². The monoisotopic (exact) mass is 325 g/mol. The van der Waals surface area contributed by atoms with Crippen LogP contribution in [0.4, 0.5) is 5.69 Å². The van der Waals surface area contributed by atoms with Crippen LogP contribution in [0.1, 0.15) is 20.8 Å². The fraction of sp³-hybridized carbons (Fsp3) is 0.214. The summed E-state index contributed by atoms with van der Waals surface area (Å²) < 4.78 is 6.01. The Labute approximate surface area is 130 Å². The lowest BCUT2D eigenvalue weighted by atomic mass is 10.1. The van der Waals surface area contributed by atoms with Crippen LogP contribution in [-0.4, -0.2) is 17.3 Å². The predicted molar refractivity (Wildman–Crippen MR) is 81.7 cm³/mol. The quantitative estimate of drug-likeness (QED) is 0.469. The van der Waals surface area contributed by atoms with Crippen molar-refractivity contribution in [2.45, 2.75) is 13.8 Å². The van der Waals surface area contributed by atoms with Gasteiger partial charge in [-0.2, -0.15) is 0 Å². The van der Waals surface area contributed by atoms with Gasteiger partial charge in [0.25, 0.3) is 5.69 Å². The van der Waals surface area contributed by atoms with Gasteiger partial charge in [-0.05, 0) is 37.6 Å². The molecule has 5 nitrogen and oxygen atoms in total. The van der Waals surface area contributed by atoms with Gasteiger partial charge in [0.2, 0.25) is 5.78 Å². The molecule has 0 amide bonds. The molecule has 0 aliphatic heterocycles. The SMILES string of the molecule is Cc1cc([N+](=O)[O-])c(C)cc1OCC(=O)c1ccc(Cl)s1. The highest BCUT2D eigenvalue weighted by molar-refractivity contribution is 7.18. The van der Waals surface area contributed by atoms with E-state index >= 15 is 0 Å². The normalized spacial score (nSPS) is 10.4. The number of nitro groups is 1. The molecule has 7 heteroatoms. The molecule has 21 heavy (non-hydrogen) atoms. The molecule has 0 aliphatic rings. The summed E-state index contributed by atoms with van der Waals surface area (Å²) in [6.45, 7) is 3.20. The highest BCUT2D eigenvalue weighted by Crippen LogP contribution is 2.28. The number of rotatable bonds is 5. The second-order valence-corrected chi connectivity index (χ2v) is 6.19. The lowest BCUT2D eigenvalue weighted by molar-refractivity contribution is -0.385. The molecule has 1 heterocycles. The van der Waals surface area contributed by atoms with Gasteiger partial charge in [0.05, 0.1) is 14.1 Å². The first-order chi connectivity index (χ1) is 9.88. The lowest BCUT2D eigenvalue weighted by Gasteiger charge is -2.09. The lowest BCUT2D eigenvalue weighted by Crippen LogP contribution is -2.11. The van der Waals surface area contributed by atoms with Crippen LogP contribution in [0.25, 0.3) is 0 Å². The molecule has 1 aromatic heterocycles. The molecule has 0 N–H and O–H groups in total. The molecule has 0 bridgehead atoms. The molecule has 0 radical (unpaired) electrons. The Morgan fingerprint density at radius 3 is 2.62 bits per heavy atom. The maximum absolute atomic E-state index is 11.9. The zero-order valence-corrected chi connectivity index (χ0v) is 13.0. The molecule has 0 saturated carbocycles. The van der Waals surface area contributed by atoms with Crippen LogP contribution in [0, 0.1) is 24.0 Å². The van der Waals surface area contributed by atoms with Gasteiger partial charge in [0.1, 0.15) is 5.75 Å². The van der Waals surface area contributed by atoms with Gasteiger partial charge in [0, 0.05) is 11.6 Å². The van der Waals surface area contributed by atoms with Gasteiger partial charge in [-0.15, -0.1) is 11.3 Å². The van der Waals surface area contributed by atoms with Gasteiger partial charge in [-0.3, -0.25) is 14.9 Å². The van der Waals surface area contributed by atoms with Crippen LogP contribution >= 0.6 is 22.9 Å². The average molecular weight is 326 g/mol. The van der Waals surface area contributed by atoms with Crippen molar-refractivity contribution in [3.05, 3.63) is 54.7 Å². The van der Waals surface area contributed by atoms with Crippen LogP contribution in [-0.2, 0) is 0 Å². The number of carbonyl (C=O) groups is 1. The topological polar surface area (TPSA) is 69.4 Å². The third kappa shape index (κ3) is 3.59. The molecule has 1 aromatic carbocycles. The number of halogens is 1. The van der Waals surface area contributed by atoms with Crippen LogP contribution < -0.4 is 4.74 Å². The summed E-state index contributed by atoms with van der Waals surface area (Å²) in [6.07, 6.45) is 0. The molecule has 0 saturated heterocycles. The standard InChI is InChI=1S/C14H12ClNO4S/c1-8-6-12(9(2)5-10(8)16(18)19)20-7-11(17)13-3-4-14(15)21-13/h3-6H,7H2,1-2H3. The molecule has 0 fully saturated rings. The average Bonchev–Trinajstić information content (AvgIpc) is 2.85. The summed E-state index contributed by atoms with van der Waals surface area (Å²) in [4.78, 5) is 22.8. The number of nitrogens with zero attached hydrogens (tertiary/aromatic N) is 1. The van der Waals surface area contributed by atoms with E-state index in [1.807, 2.05) is 0 Å². The number of benzene rings is 1. The molecule has 0 unspecified atom stereocenters. The van der Waals surface area contributed by atoms with E-state index in [4.69, 9.17) is 16.3 Å². The third-order valence-corrected chi connectivity index (χ3v) is 4.17. The van der Waals surface area contributed by atoms with Gasteiger partial charge in [-0.25, -0.2) is 0 Å². The molecule has 110 valence electrons. The number of Topliss-reactive ketones (excluding diaryl/α,β-unsaturated/α-hetero) is 1. The fourth-order valence-electron chi connectivity index (χ4n) is 1.81. The summed E-state index contributed by atoms with van der Waals surface area (Å²) in [5.74, 6) is 0.288. The van der Waals surface area contributed by atoms with Crippen LogP contribution in [0.2, 0.25) is 4.34 Å². The smallest absolute Gasteiger partial charge is 0.272 e. The van der Waals surface area contributed by atoms with Crippen molar-refractivity contribution in [2.75, 3.05) is 6.61 Å². The number of thiophene rings is 1. The maximum atomic E-state index is 11.9. The van der Waals surface area contributed by atoms with Crippen molar-refractivity contribution in [3.63, 3.8) is 0 Å². The Kier molecular flexibility index (Phi) is 4.59. The second-order valence-electron chi connectivity index (χ2n) is 4.48. The van der Waals surface area contributed by atoms with Gasteiger partial charge < -0.3 is 4.74 Å². The van der Waals surface area contributed by atoms with Gasteiger partial charge >= 0.3 is 0 Å². The summed E-state index contributed by atoms with van der Waals surface area (Å²) in [5, 5.41) is 10.8. The minimum atomic E-state index is -0.440. The highest BCUT2D eigenvalue weighted by Gasteiger charge is 2.15. The van der Waals surface area contributed by atoms with E-state index in [0.717, 1.165) is 0 Å². The van der Waals surface area contributed by atoms with Crippen molar-refractivity contribution in [1.82, 2.24) is 0 Å². The molecule has 0 atom stereocenters. The summed E-state index contributed by atoms with van der Waals surface area (Å²) in [7, 11) is 0. The fourth-order valence-corrected chi connectivity index (χ4v) is 2.77. The number of aryl methyl sites for hydroxylation is 2. The molecular formula is C14H12ClNO4S. The van der Waals surface area contributed by atoms with E-state index in [2.05, 4.69) is 0 Å². The second kappa shape index (κ2) is 6.24. The predicted octanol–water partition coefficient (Wildman–Crippen LogP) is 4.19. The van der Waals surface area contributed by atoms with Crippen molar-refractivity contribution < 1.29 is 14.5 Å². The zero-order valence-electron chi connectivity index (χ0n) is 11.4. The van der Waals surface area contributed by atoms with E-state index in [1.54, 1.807) is 32.0 Å². The van der Waals surface area contributed by atoms with E-state index in [0.29, 0.717) is 26.1 Å². The van der Waals surface area contributed by atoms with Crippen molar-refractivity contribution in [1.29, 1.82) is 0 Å². The first kappa shape index (κ1) is 15.5. The summed E-state index contributed by atoms with van der Waals surface area (Å²) in [6, 6.07) is 6.31. The molecule has 0 spiro atoms. The third-order valence-electron chi connectivity index (χ3n) is 2.90. The first-order valence-electron chi connectivity index (χ1n) is 6.05. The van der Waals surface area contributed by atoms with Crippen molar-refractivity contribution in [2.24, 2.45) is 0 Å². The summed E-state index contributed by atoms with van der Waals surface area (Å²) >= 11 is 6.97. The van der Waals surface area contributed by atoms with Crippen LogP contribution in [0.3, 0.4) is 0 Å². The number of hydrogen-bond donors (Lipinski definition) is 0. The maximum Gasteiger partial charge on any atom is 0.272 e. The Bertz CT molecular complexity index is 711. The zero-order chi connectivity index (χ0) is 15.6. The minimum Gasteiger partial charge on any atom is -0.485 e. The Balaban J connectivity index is 2.12. The van der Waals surface area contributed by atoms with E-state index in [9.17, 15) is 14.9 Å². The van der Waals surface area contributed by atoms with E-state index < -0.39 is 4.92 Å². The number of ketones is 1. The first-order valence-corrected chi connectivity index (χ1v) is 7.25. The Hall–Kier alpha value is -1.92. The largest absolute Gasteiger partial charge is 0.485 e. The molecular weight excluding hydrogens is 314 g/mol. The van der Waals surface area contributed by atoms with Crippen LogP contribution in [0.15, 0.2) is 24.3 Å². The highest BCUT2D eigenvalue weighted by atomic mass is 35.5. The Morgan fingerprint density at radius 1 is 1.33 bits per heavy atom. The van der Waals surface area contributed by atoms with Gasteiger partial charge in [0.15, 0.2) is 6.61 Å². The Morgan fingerprint density at radius 2 is 2.05 bits per heavy atom. The number of nitro benzene ring substituents is 1. The number of hydrogen-bond acceptors (Lipinski definition) is 5. The molecule has 2 aromatic rings. The minimum absolute atomic E-state index is 0.0382. The number of ether oxygens (including phenoxy) is 1. The van der Waals surface area contributed by atoms with Crippen LogP contribution in [0.5, 0.6) is 5.75 Å².